The molecule has 0 fully saturated rings. The van der Waals surface area contributed by atoms with E-state index in [9.17, 15) is 0 Å². The SMILES string of the molecule is C=C/C(N)=C\C=[NH+]C.CC.CC.Nc1cc2c3c(c1)CCCN3CCC2. The van der Waals surface area contributed by atoms with Crippen molar-refractivity contribution in [1.82, 2.24) is 0 Å². The van der Waals surface area contributed by atoms with Crippen LogP contribution < -0.4 is 21.4 Å². The van der Waals surface area contributed by atoms with Crippen LogP contribution in [0.4, 0.5) is 11.4 Å². The molecule has 2 aliphatic heterocycles. The number of nitrogens with two attached hydrogens (primary N) is 2. The van der Waals surface area contributed by atoms with Gasteiger partial charge in [-0.2, -0.15) is 0 Å². The predicted octanol–water partition coefficient (Wildman–Crippen LogP) is 2.82. The molecule has 0 amide bonds. The van der Waals surface area contributed by atoms with E-state index in [1.807, 2.05) is 34.7 Å². The molecule has 4 heteroatoms. The van der Waals surface area contributed by atoms with E-state index in [2.05, 4.69) is 28.6 Å². The average Bonchev–Trinajstić information content (AvgIpc) is 2.70. The molecule has 0 radical (unpaired) electrons. The largest absolute Gasteiger partial charge is 0.399 e. The normalized spacial score (nSPS) is 14.7. The number of aryl methyl sites for hydroxylation is 2. The highest BCUT2D eigenvalue weighted by Gasteiger charge is 2.23. The Hall–Kier alpha value is -2.23. The molecule has 3 rings (SSSR count). The number of anilines is 2. The van der Waals surface area contributed by atoms with Gasteiger partial charge in [0.25, 0.3) is 0 Å². The lowest BCUT2D eigenvalue weighted by molar-refractivity contribution is -0.413. The molecule has 26 heavy (non-hydrogen) atoms. The Morgan fingerprint density at radius 3 is 2.00 bits per heavy atom. The van der Waals surface area contributed by atoms with E-state index in [0.717, 1.165) is 5.69 Å². The van der Waals surface area contributed by atoms with Gasteiger partial charge in [0.15, 0.2) is 6.21 Å². The third kappa shape index (κ3) is 7.34. The molecule has 0 atom stereocenters. The summed E-state index contributed by atoms with van der Waals surface area (Å²) in [6.07, 6.45) is 10.1. The molecule has 0 aliphatic carbocycles. The zero-order chi connectivity index (χ0) is 19.9. The Morgan fingerprint density at radius 1 is 1.08 bits per heavy atom. The summed E-state index contributed by atoms with van der Waals surface area (Å²) in [5.74, 6) is 0. The van der Waals surface area contributed by atoms with Gasteiger partial charge in [0.2, 0.25) is 0 Å². The van der Waals surface area contributed by atoms with Crippen molar-refractivity contribution in [2.75, 3.05) is 30.8 Å². The number of allylic oxidation sites excluding steroid dienone is 2. The van der Waals surface area contributed by atoms with Gasteiger partial charge in [0.05, 0.1) is 0 Å². The summed E-state index contributed by atoms with van der Waals surface area (Å²) in [7, 11) is 1.81. The van der Waals surface area contributed by atoms with E-state index in [-0.39, 0.29) is 0 Å². The number of nitrogen functional groups attached to an aromatic ring is 1. The fourth-order valence-corrected chi connectivity index (χ4v) is 3.08. The van der Waals surface area contributed by atoms with Gasteiger partial charge in [0, 0.05) is 36.2 Å². The van der Waals surface area contributed by atoms with E-state index < -0.39 is 0 Å². The van der Waals surface area contributed by atoms with Gasteiger partial charge in [-0.3, -0.25) is 4.99 Å². The van der Waals surface area contributed by atoms with Crippen molar-refractivity contribution >= 4 is 17.6 Å². The van der Waals surface area contributed by atoms with E-state index in [1.54, 1.807) is 18.4 Å². The van der Waals surface area contributed by atoms with Gasteiger partial charge in [-0.15, -0.1) is 0 Å². The van der Waals surface area contributed by atoms with Crippen molar-refractivity contribution in [3.05, 3.63) is 47.7 Å². The Labute approximate surface area is 160 Å². The number of nitrogens with zero attached hydrogens (tertiary/aromatic N) is 1. The third-order valence-electron chi connectivity index (χ3n) is 4.03. The molecule has 0 spiro atoms. The molecule has 0 unspecified atom stereocenters. The molecule has 146 valence electrons. The molecule has 1 aromatic carbocycles. The Balaban J connectivity index is 0.000000451. The molecule has 2 heterocycles. The summed E-state index contributed by atoms with van der Waals surface area (Å²) in [5, 5.41) is 0. The van der Waals surface area contributed by atoms with Gasteiger partial charge in [-0.1, -0.05) is 34.3 Å². The fourth-order valence-electron chi connectivity index (χ4n) is 3.08. The maximum Gasteiger partial charge on any atom is 0.163 e. The summed E-state index contributed by atoms with van der Waals surface area (Å²) >= 11 is 0. The average molecular weight is 360 g/mol. The van der Waals surface area contributed by atoms with Crippen molar-refractivity contribution in [2.45, 2.75) is 53.4 Å². The Morgan fingerprint density at radius 2 is 1.58 bits per heavy atom. The van der Waals surface area contributed by atoms with E-state index in [4.69, 9.17) is 11.5 Å². The van der Waals surface area contributed by atoms with Gasteiger partial charge in [-0.05, 0) is 55.0 Å². The second kappa shape index (κ2) is 14.0. The summed E-state index contributed by atoms with van der Waals surface area (Å²) in [6.45, 7) is 14.0. The lowest BCUT2D eigenvalue weighted by Crippen LogP contribution is -2.62. The molecular formula is C22H39N4+. The lowest BCUT2D eigenvalue weighted by atomic mass is 9.91. The quantitative estimate of drug-likeness (QED) is 0.432. The minimum atomic E-state index is 0.666. The second-order valence-corrected chi connectivity index (χ2v) is 5.71. The van der Waals surface area contributed by atoms with Crippen LogP contribution in [0.15, 0.2) is 36.6 Å². The maximum absolute atomic E-state index is 5.91. The van der Waals surface area contributed by atoms with E-state index >= 15 is 0 Å². The molecule has 5 N–H and O–H groups in total. The summed E-state index contributed by atoms with van der Waals surface area (Å²) in [6, 6.07) is 4.33. The number of benzene rings is 1. The van der Waals surface area contributed by atoms with Crippen molar-refractivity contribution < 1.29 is 4.99 Å². The van der Waals surface area contributed by atoms with Crippen LogP contribution in [0.25, 0.3) is 0 Å². The first kappa shape index (κ1) is 23.8. The van der Waals surface area contributed by atoms with Crippen molar-refractivity contribution in [3.63, 3.8) is 0 Å². The minimum Gasteiger partial charge on any atom is -0.399 e. The zero-order valence-corrected chi connectivity index (χ0v) is 17.4. The van der Waals surface area contributed by atoms with Crippen LogP contribution in [0.3, 0.4) is 0 Å². The molecule has 0 saturated carbocycles. The summed E-state index contributed by atoms with van der Waals surface area (Å²) in [5.41, 5.74) is 17.3. The van der Waals surface area contributed by atoms with Crippen LogP contribution in [-0.4, -0.2) is 26.4 Å². The van der Waals surface area contributed by atoms with Crippen molar-refractivity contribution in [3.8, 4) is 0 Å². The van der Waals surface area contributed by atoms with Crippen LogP contribution in [0, 0.1) is 0 Å². The first-order chi connectivity index (χ1) is 12.7. The predicted molar refractivity (Wildman–Crippen MR) is 118 cm³/mol. The van der Waals surface area contributed by atoms with Crippen molar-refractivity contribution in [2.24, 2.45) is 5.73 Å². The van der Waals surface area contributed by atoms with Gasteiger partial charge < -0.3 is 16.4 Å². The zero-order valence-electron chi connectivity index (χ0n) is 17.4. The van der Waals surface area contributed by atoms with Crippen LogP contribution in [0.5, 0.6) is 0 Å². The Kier molecular flexibility index (Phi) is 12.8. The molecule has 0 saturated heterocycles. The molecular weight excluding hydrogens is 320 g/mol. The third-order valence-corrected chi connectivity index (χ3v) is 4.03. The highest BCUT2D eigenvalue weighted by atomic mass is 15.1. The number of rotatable bonds is 2. The van der Waals surface area contributed by atoms with E-state index in [0.29, 0.717) is 5.70 Å². The fraction of sp³-hybridized carbons (Fsp3) is 0.500. The highest BCUT2D eigenvalue weighted by molar-refractivity contribution is 5.67. The lowest BCUT2D eigenvalue weighted by Gasteiger charge is -2.37. The van der Waals surface area contributed by atoms with Crippen LogP contribution in [-0.2, 0) is 12.8 Å². The molecule has 0 aromatic heterocycles. The molecule has 4 nitrogen and oxygen atoms in total. The first-order valence-corrected chi connectivity index (χ1v) is 9.90. The van der Waals surface area contributed by atoms with E-state index in [1.165, 1.54) is 55.6 Å². The molecule has 0 bridgehead atoms. The standard InChI is InChI=1S/C12H16N2.C6H10N2.2C2H6/c13-11-7-9-3-1-5-14-6-2-4-10(8-11)12(9)14;1-3-6(7)4-5-8-2;2*1-2/h7-8H,1-6,13H2;3-5H,1,7H2,2H3;2*1-2H3/p+1/b;6-4+,8-5?;;. The van der Waals surface area contributed by atoms with Gasteiger partial charge >= 0.3 is 0 Å². The van der Waals surface area contributed by atoms with Crippen LogP contribution >= 0.6 is 0 Å². The van der Waals surface area contributed by atoms with Crippen LogP contribution in [0.2, 0.25) is 0 Å². The topological polar surface area (TPSA) is 69.2 Å². The maximum atomic E-state index is 5.91. The van der Waals surface area contributed by atoms with Crippen molar-refractivity contribution in [1.29, 1.82) is 0 Å². The molecule has 2 aliphatic rings. The van der Waals surface area contributed by atoms with Crippen LogP contribution in [0.1, 0.15) is 51.7 Å². The van der Waals surface area contributed by atoms with Gasteiger partial charge in [0.1, 0.15) is 7.05 Å². The smallest absolute Gasteiger partial charge is 0.163 e. The molecule has 1 aromatic rings. The highest BCUT2D eigenvalue weighted by Crippen LogP contribution is 2.36. The first-order valence-electron chi connectivity index (χ1n) is 9.90. The number of hydrogen-bond acceptors (Lipinski definition) is 3. The second-order valence-electron chi connectivity index (χ2n) is 5.71. The number of nitrogens with one attached hydrogen (secondary N) is 1. The van der Waals surface area contributed by atoms with Gasteiger partial charge in [-0.25, -0.2) is 0 Å². The number of hydrogen-bond donors (Lipinski definition) is 3. The summed E-state index contributed by atoms with van der Waals surface area (Å²) in [4.78, 5) is 5.34. The summed E-state index contributed by atoms with van der Waals surface area (Å²) < 4.78 is 0. The monoisotopic (exact) mass is 359 g/mol. The minimum absolute atomic E-state index is 0.666. The Bertz CT molecular complexity index is 557.